The highest BCUT2D eigenvalue weighted by Crippen LogP contribution is 2.27. The summed E-state index contributed by atoms with van der Waals surface area (Å²) < 4.78 is 5.30. The maximum absolute atomic E-state index is 9.66. The molecule has 0 aliphatic carbocycles. The molecule has 0 aromatic heterocycles. The molecule has 0 heterocycles. The number of phenolic OH excluding ortho intramolecular Hbond substituents is 1. The first-order valence-electron chi connectivity index (χ1n) is 5.97. The zero-order valence-corrected chi connectivity index (χ0v) is 14.2. The lowest BCUT2D eigenvalue weighted by molar-refractivity contribution is 0.478. The number of anilines is 1. The van der Waals surface area contributed by atoms with Gasteiger partial charge < -0.3 is 13.9 Å². The van der Waals surface area contributed by atoms with E-state index >= 15 is 0 Å². The van der Waals surface area contributed by atoms with Crippen LogP contribution >= 0.6 is 32.2 Å². The highest BCUT2D eigenvalue weighted by atomic mass is 127. The van der Waals surface area contributed by atoms with Crippen molar-refractivity contribution in [3.8, 4) is 11.5 Å². The number of aromatic hydroxyl groups is 1. The van der Waals surface area contributed by atoms with Gasteiger partial charge in [-0.05, 0) is 36.2 Å². The molecule has 2 aromatic rings. The van der Waals surface area contributed by atoms with Gasteiger partial charge in [-0.25, -0.2) is 0 Å². The summed E-state index contributed by atoms with van der Waals surface area (Å²) in [4.78, 5) is 0. The van der Waals surface area contributed by atoms with Crippen LogP contribution in [0.4, 0.5) is 5.69 Å². The minimum absolute atomic E-state index is 0.193. The molecule has 2 aromatic carbocycles. The maximum atomic E-state index is 9.66. The molecule has 0 bridgehead atoms. The van der Waals surface area contributed by atoms with Crippen LogP contribution in [-0.2, 0) is 0 Å². The Morgan fingerprint density at radius 1 is 1.25 bits per heavy atom. The van der Waals surface area contributed by atoms with Crippen LogP contribution in [0.2, 0.25) is 0 Å². The first-order valence-corrected chi connectivity index (χ1v) is 7.43. The molecule has 104 valence electrons. The average molecular weight is 399 g/mol. The molecule has 0 saturated carbocycles. The van der Waals surface area contributed by atoms with Crippen LogP contribution in [0.25, 0.3) is 12.2 Å². The van der Waals surface area contributed by atoms with E-state index in [1.54, 1.807) is 29.1 Å². The molecule has 3 N–H and O–H groups in total. The van der Waals surface area contributed by atoms with Crippen molar-refractivity contribution in [3.05, 3.63) is 47.0 Å². The highest BCUT2D eigenvalue weighted by molar-refractivity contribution is 14.1. The predicted molar refractivity (Wildman–Crippen MR) is 96.6 cm³/mol. The summed E-state index contributed by atoms with van der Waals surface area (Å²) in [5.74, 6) is 0.824. The number of nitrogen functional groups attached to an aromatic ring is 1. The second-order valence-corrected chi connectivity index (χ2v) is 5.46. The van der Waals surface area contributed by atoms with E-state index < -0.39 is 0 Å². The second-order valence-electron chi connectivity index (χ2n) is 4.44. The molecular formula is C15H15INO2P. The third-order valence-corrected chi connectivity index (χ3v) is 4.04. The van der Waals surface area contributed by atoms with E-state index in [0.717, 1.165) is 22.4 Å². The summed E-state index contributed by atoms with van der Waals surface area (Å²) in [5, 5.41) is 10.3. The van der Waals surface area contributed by atoms with E-state index in [1.807, 2.05) is 43.3 Å². The van der Waals surface area contributed by atoms with Gasteiger partial charge in [-0.3, -0.25) is 0 Å². The summed E-state index contributed by atoms with van der Waals surface area (Å²) in [7, 11) is 2.48. The first kappa shape index (κ1) is 15.1. The number of rotatable bonds is 3. The van der Waals surface area contributed by atoms with Gasteiger partial charge in [-0.15, -0.1) is 0 Å². The maximum Gasteiger partial charge on any atom is 0.192 e. The summed E-state index contributed by atoms with van der Waals surface area (Å²) in [6.45, 7) is 1.98. The van der Waals surface area contributed by atoms with Crippen molar-refractivity contribution in [3.63, 3.8) is 0 Å². The van der Waals surface area contributed by atoms with Crippen LogP contribution in [0.5, 0.6) is 11.5 Å². The van der Waals surface area contributed by atoms with E-state index in [0.29, 0.717) is 11.1 Å². The molecule has 0 spiro atoms. The Morgan fingerprint density at radius 3 is 2.65 bits per heavy atom. The minimum atomic E-state index is 0.193. The normalized spacial score (nSPS) is 10.9. The smallest absolute Gasteiger partial charge is 0.192 e. The number of aryl methyl sites for hydroxylation is 1. The van der Waals surface area contributed by atoms with Gasteiger partial charge in [-0.1, -0.05) is 33.5 Å². The van der Waals surface area contributed by atoms with Crippen molar-refractivity contribution in [2.75, 3.05) is 5.73 Å². The predicted octanol–water partition coefficient (Wildman–Crippen LogP) is 3.68. The SMILES string of the molecule is Cc1ccc(/C=C/c2ccc(O)c(P)c2OI)cc1N. The van der Waals surface area contributed by atoms with Crippen molar-refractivity contribution >= 4 is 55.4 Å². The number of phenols is 1. The Bertz CT molecular complexity index is 671. The number of benzene rings is 2. The fourth-order valence-corrected chi connectivity index (χ4v) is 2.83. The van der Waals surface area contributed by atoms with E-state index in [4.69, 9.17) is 8.80 Å². The summed E-state index contributed by atoms with van der Waals surface area (Å²) >= 11 is 1.81. The van der Waals surface area contributed by atoms with Gasteiger partial charge in [0.25, 0.3) is 0 Å². The molecule has 1 unspecified atom stereocenters. The summed E-state index contributed by atoms with van der Waals surface area (Å²) in [6, 6.07) is 9.38. The van der Waals surface area contributed by atoms with Gasteiger partial charge in [0.15, 0.2) is 28.8 Å². The molecule has 0 fully saturated rings. The Balaban J connectivity index is 2.36. The Hall–Kier alpha value is -1.26. The molecule has 0 aliphatic rings. The van der Waals surface area contributed by atoms with Gasteiger partial charge in [0.05, 0.1) is 5.30 Å². The topological polar surface area (TPSA) is 55.5 Å². The molecule has 0 aliphatic heterocycles. The van der Waals surface area contributed by atoms with Crippen LogP contribution in [0.3, 0.4) is 0 Å². The zero-order valence-electron chi connectivity index (χ0n) is 10.9. The Kier molecular flexibility index (Phi) is 4.89. The van der Waals surface area contributed by atoms with Crippen molar-refractivity contribution < 1.29 is 8.17 Å². The van der Waals surface area contributed by atoms with Gasteiger partial charge in [0.1, 0.15) is 5.75 Å². The van der Waals surface area contributed by atoms with Crippen molar-refractivity contribution in [2.24, 2.45) is 0 Å². The zero-order chi connectivity index (χ0) is 14.7. The Morgan fingerprint density at radius 2 is 2.00 bits per heavy atom. The van der Waals surface area contributed by atoms with Gasteiger partial charge in [0, 0.05) is 11.3 Å². The molecule has 0 amide bonds. The van der Waals surface area contributed by atoms with Crippen LogP contribution in [0, 0.1) is 6.92 Å². The number of halogens is 1. The van der Waals surface area contributed by atoms with Crippen molar-refractivity contribution in [2.45, 2.75) is 6.92 Å². The quantitative estimate of drug-likeness (QED) is 0.359. The summed E-state index contributed by atoms with van der Waals surface area (Å²) in [6.07, 6.45) is 3.90. The Labute approximate surface area is 134 Å². The molecular weight excluding hydrogens is 384 g/mol. The fraction of sp³-hybridized carbons (Fsp3) is 0.0667. The number of hydrogen-bond donors (Lipinski definition) is 2. The lowest BCUT2D eigenvalue weighted by atomic mass is 10.1. The lowest BCUT2D eigenvalue weighted by Crippen LogP contribution is -1.98. The van der Waals surface area contributed by atoms with E-state index in [2.05, 4.69) is 9.24 Å². The monoisotopic (exact) mass is 399 g/mol. The van der Waals surface area contributed by atoms with E-state index in [-0.39, 0.29) is 5.75 Å². The van der Waals surface area contributed by atoms with Crippen molar-refractivity contribution in [1.82, 2.24) is 0 Å². The second kappa shape index (κ2) is 6.46. The number of hydrogen-bond acceptors (Lipinski definition) is 3. The molecule has 2 rings (SSSR count). The van der Waals surface area contributed by atoms with Gasteiger partial charge in [0.2, 0.25) is 0 Å². The third-order valence-electron chi connectivity index (χ3n) is 3.04. The minimum Gasteiger partial charge on any atom is -0.507 e. The summed E-state index contributed by atoms with van der Waals surface area (Å²) in [5.41, 5.74) is 9.64. The molecule has 20 heavy (non-hydrogen) atoms. The molecule has 3 nitrogen and oxygen atoms in total. The highest BCUT2D eigenvalue weighted by Gasteiger charge is 2.08. The van der Waals surface area contributed by atoms with Crippen LogP contribution in [-0.4, -0.2) is 5.11 Å². The van der Waals surface area contributed by atoms with Gasteiger partial charge >= 0.3 is 0 Å². The van der Waals surface area contributed by atoms with E-state index in [9.17, 15) is 5.11 Å². The largest absolute Gasteiger partial charge is 0.507 e. The molecule has 5 heteroatoms. The van der Waals surface area contributed by atoms with Crippen LogP contribution in [0.1, 0.15) is 16.7 Å². The standard InChI is InChI=1S/C15H15INO2P/c1-9-2-3-10(8-12(9)17)4-5-11-6-7-13(18)15(20)14(11)19-16/h2-8,18H,17,20H2,1H3/b5-4+. The molecule has 0 saturated heterocycles. The first-order chi connectivity index (χ1) is 9.52. The molecule has 1 atom stereocenters. The van der Waals surface area contributed by atoms with Crippen LogP contribution in [0.15, 0.2) is 30.3 Å². The van der Waals surface area contributed by atoms with Crippen LogP contribution < -0.4 is 14.1 Å². The number of nitrogens with two attached hydrogens (primary N) is 1. The van der Waals surface area contributed by atoms with Gasteiger partial charge in [-0.2, -0.15) is 0 Å². The third kappa shape index (κ3) is 3.25. The van der Waals surface area contributed by atoms with Crippen molar-refractivity contribution in [1.29, 1.82) is 0 Å². The average Bonchev–Trinajstić information content (AvgIpc) is 2.44. The lowest BCUT2D eigenvalue weighted by Gasteiger charge is -2.08. The van der Waals surface area contributed by atoms with E-state index in [1.165, 1.54) is 0 Å². The molecule has 0 radical (unpaired) electrons. The fourth-order valence-electron chi connectivity index (χ4n) is 1.77.